The van der Waals surface area contributed by atoms with Crippen LogP contribution in [0.15, 0.2) is 18.2 Å². The van der Waals surface area contributed by atoms with Crippen LogP contribution in [-0.2, 0) is 0 Å². The number of halogens is 1. The lowest BCUT2D eigenvalue weighted by Crippen LogP contribution is -2.18. The van der Waals surface area contributed by atoms with Crippen molar-refractivity contribution in [2.75, 3.05) is 14.1 Å². The zero-order valence-corrected chi connectivity index (χ0v) is 9.34. The first-order valence-corrected chi connectivity index (χ1v) is 4.75. The van der Waals surface area contributed by atoms with Crippen LogP contribution in [0.1, 0.15) is 17.2 Å². The maximum absolute atomic E-state index is 9.00. The van der Waals surface area contributed by atoms with Crippen LogP contribution >= 0.6 is 11.6 Å². The summed E-state index contributed by atoms with van der Waals surface area (Å²) in [4.78, 5) is 1.87. The highest BCUT2D eigenvalue weighted by atomic mass is 35.5. The van der Waals surface area contributed by atoms with Crippen LogP contribution in [0.25, 0.3) is 0 Å². The van der Waals surface area contributed by atoms with Crippen molar-refractivity contribution in [3.05, 3.63) is 34.3 Å². The quantitative estimate of drug-likeness (QED) is 0.748. The average molecular weight is 209 g/mol. The Hall–Kier alpha value is -1.04. The fourth-order valence-corrected chi connectivity index (χ4v) is 1.71. The van der Waals surface area contributed by atoms with Crippen molar-refractivity contribution in [1.29, 1.82) is 5.26 Å². The van der Waals surface area contributed by atoms with Gasteiger partial charge in [-0.15, -0.1) is 0 Å². The third kappa shape index (κ3) is 2.47. The monoisotopic (exact) mass is 208 g/mol. The van der Waals surface area contributed by atoms with Gasteiger partial charge in [0.2, 0.25) is 0 Å². The van der Waals surface area contributed by atoms with Crippen molar-refractivity contribution in [3.8, 4) is 6.07 Å². The van der Waals surface area contributed by atoms with Crippen LogP contribution in [0.3, 0.4) is 0 Å². The molecule has 0 saturated heterocycles. The Bertz CT molecular complexity index is 346. The van der Waals surface area contributed by atoms with E-state index in [4.69, 9.17) is 16.9 Å². The molecule has 0 aliphatic rings. The molecule has 0 fully saturated rings. The zero-order valence-electron chi connectivity index (χ0n) is 8.58. The molecule has 0 aliphatic carbocycles. The molecule has 0 radical (unpaired) electrons. The van der Waals surface area contributed by atoms with Gasteiger partial charge in [0.1, 0.15) is 6.04 Å². The molecule has 0 amide bonds. The van der Waals surface area contributed by atoms with Gasteiger partial charge in [-0.05, 0) is 44.3 Å². The Morgan fingerprint density at radius 3 is 2.43 bits per heavy atom. The maximum Gasteiger partial charge on any atom is 0.123 e. The molecule has 0 heterocycles. The molecule has 74 valence electrons. The predicted molar refractivity (Wildman–Crippen MR) is 58.2 cm³/mol. The summed E-state index contributed by atoms with van der Waals surface area (Å²) >= 11 is 5.93. The van der Waals surface area contributed by atoms with E-state index in [9.17, 15) is 0 Å². The molecular weight excluding hydrogens is 196 g/mol. The molecule has 0 bridgehead atoms. The molecule has 1 rings (SSSR count). The lowest BCUT2D eigenvalue weighted by atomic mass is 10.0. The van der Waals surface area contributed by atoms with Crippen LogP contribution < -0.4 is 0 Å². The van der Waals surface area contributed by atoms with Gasteiger partial charge in [-0.25, -0.2) is 0 Å². The Kier molecular flexibility index (Phi) is 3.51. The zero-order chi connectivity index (χ0) is 10.7. The smallest absolute Gasteiger partial charge is 0.123 e. The first kappa shape index (κ1) is 11.0. The maximum atomic E-state index is 9.00. The molecule has 1 aromatic carbocycles. The highest BCUT2D eigenvalue weighted by Crippen LogP contribution is 2.22. The molecule has 0 aromatic heterocycles. The van der Waals surface area contributed by atoms with E-state index in [2.05, 4.69) is 6.07 Å². The number of aryl methyl sites for hydroxylation is 1. The molecular formula is C11H13ClN2. The molecule has 1 atom stereocenters. The topological polar surface area (TPSA) is 27.0 Å². The summed E-state index contributed by atoms with van der Waals surface area (Å²) in [7, 11) is 3.76. The van der Waals surface area contributed by atoms with Gasteiger partial charge in [0.05, 0.1) is 6.07 Å². The van der Waals surface area contributed by atoms with Gasteiger partial charge in [-0.1, -0.05) is 17.7 Å². The van der Waals surface area contributed by atoms with E-state index in [1.54, 1.807) is 0 Å². The third-order valence-corrected chi connectivity index (χ3v) is 2.24. The van der Waals surface area contributed by atoms with Crippen LogP contribution in [0.5, 0.6) is 0 Å². The highest BCUT2D eigenvalue weighted by Gasteiger charge is 2.13. The van der Waals surface area contributed by atoms with Crippen molar-refractivity contribution >= 4 is 11.6 Å². The molecule has 2 nitrogen and oxygen atoms in total. The molecule has 0 aliphatic heterocycles. The average Bonchev–Trinajstić information content (AvgIpc) is 2.02. The van der Waals surface area contributed by atoms with Crippen molar-refractivity contribution in [1.82, 2.24) is 4.90 Å². The van der Waals surface area contributed by atoms with Gasteiger partial charge in [0, 0.05) is 5.02 Å². The summed E-state index contributed by atoms with van der Waals surface area (Å²) < 4.78 is 0. The number of rotatable bonds is 2. The second kappa shape index (κ2) is 4.45. The van der Waals surface area contributed by atoms with Gasteiger partial charge < -0.3 is 0 Å². The SMILES string of the molecule is Cc1cc(Cl)cc(C(C#N)N(C)C)c1. The summed E-state index contributed by atoms with van der Waals surface area (Å²) in [6.45, 7) is 1.97. The summed E-state index contributed by atoms with van der Waals surface area (Å²) in [6.07, 6.45) is 0. The molecule has 14 heavy (non-hydrogen) atoms. The predicted octanol–water partition coefficient (Wildman–Crippen LogP) is 2.77. The lowest BCUT2D eigenvalue weighted by Gasteiger charge is -2.18. The Balaban J connectivity index is 3.12. The van der Waals surface area contributed by atoms with Gasteiger partial charge in [0.15, 0.2) is 0 Å². The van der Waals surface area contributed by atoms with Gasteiger partial charge in [0.25, 0.3) is 0 Å². The Labute approximate surface area is 89.7 Å². The Morgan fingerprint density at radius 2 is 2.00 bits per heavy atom. The number of nitriles is 1. The van der Waals surface area contributed by atoms with E-state index in [0.29, 0.717) is 5.02 Å². The summed E-state index contributed by atoms with van der Waals surface area (Å²) in [5.41, 5.74) is 2.03. The van der Waals surface area contributed by atoms with Crippen LogP contribution in [0.4, 0.5) is 0 Å². The van der Waals surface area contributed by atoms with E-state index in [-0.39, 0.29) is 6.04 Å². The highest BCUT2D eigenvalue weighted by molar-refractivity contribution is 6.30. The molecule has 0 N–H and O–H groups in total. The summed E-state index contributed by atoms with van der Waals surface area (Å²) in [5, 5.41) is 9.68. The number of nitrogens with zero attached hydrogens (tertiary/aromatic N) is 2. The first-order valence-electron chi connectivity index (χ1n) is 4.37. The van der Waals surface area contributed by atoms with Gasteiger partial charge in [-0.3, -0.25) is 4.90 Å². The lowest BCUT2D eigenvalue weighted by molar-refractivity contribution is 0.358. The second-order valence-electron chi connectivity index (χ2n) is 3.56. The number of hydrogen-bond acceptors (Lipinski definition) is 2. The van der Waals surface area contributed by atoms with Crippen molar-refractivity contribution in [2.45, 2.75) is 13.0 Å². The summed E-state index contributed by atoms with van der Waals surface area (Å²) in [5.74, 6) is 0. The van der Waals surface area contributed by atoms with Crippen molar-refractivity contribution in [3.63, 3.8) is 0 Å². The largest absolute Gasteiger partial charge is 0.291 e. The van der Waals surface area contributed by atoms with E-state index >= 15 is 0 Å². The fraction of sp³-hybridized carbons (Fsp3) is 0.364. The van der Waals surface area contributed by atoms with Crippen LogP contribution in [0, 0.1) is 18.3 Å². The minimum atomic E-state index is -0.229. The third-order valence-electron chi connectivity index (χ3n) is 2.02. The molecule has 1 aromatic rings. The van der Waals surface area contributed by atoms with E-state index in [1.165, 1.54) is 0 Å². The first-order chi connectivity index (χ1) is 6.54. The minimum Gasteiger partial charge on any atom is -0.291 e. The molecule has 0 saturated carbocycles. The van der Waals surface area contributed by atoms with Crippen molar-refractivity contribution < 1.29 is 0 Å². The van der Waals surface area contributed by atoms with E-state index in [1.807, 2.05) is 44.1 Å². The normalized spacial score (nSPS) is 12.6. The van der Waals surface area contributed by atoms with E-state index < -0.39 is 0 Å². The van der Waals surface area contributed by atoms with Gasteiger partial charge in [-0.2, -0.15) is 5.26 Å². The second-order valence-corrected chi connectivity index (χ2v) is 3.99. The number of benzene rings is 1. The minimum absolute atomic E-state index is 0.229. The van der Waals surface area contributed by atoms with Gasteiger partial charge >= 0.3 is 0 Å². The molecule has 1 unspecified atom stereocenters. The molecule has 3 heteroatoms. The number of hydrogen-bond donors (Lipinski definition) is 0. The fourth-order valence-electron chi connectivity index (χ4n) is 1.41. The standard InChI is InChI=1S/C11H13ClN2/c1-8-4-9(6-10(12)5-8)11(7-13)14(2)3/h4-6,11H,1-3H3. The summed E-state index contributed by atoms with van der Waals surface area (Å²) in [6, 6.07) is 7.72. The van der Waals surface area contributed by atoms with Crippen LogP contribution in [0.2, 0.25) is 5.02 Å². The molecule has 0 spiro atoms. The van der Waals surface area contributed by atoms with Crippen molar-refractivity contribution in [2.24, 2.45) is 0 Å². The van der Waals surface area contributed by atoms with E-state index in [0.717, 1.165) is 11.1 Å². The Morgan fingerprint density at radius 1 is 1.36 bits per heavy atom. The van der Waals surface area contributed by atoms with Crippen LogP contribution in [-0.4, -0.2) is 19.0 Å².